The Kier molecular flexibility index (Phi) is 4.02. The van der Waals surface area contributed by atoms with Gasteiger partial charge < -0.3 is 20.1 Å². The third-order valence-electron chi connectivity index (χ3n) is 2.56. The van der Waals surface area contributed by atoms with Crippen molar-refractivity contribution >= 4 is 17.7 Å². The second kappa shape index (κ2) is 5.59. The first-order valence-electron chi connectivity index (χ1n) is 6.46. The number of carbonyl (C=O) groups is 2. The number of benzene rings is 1. The van der Waals surface area contributed by atoms with E-state index in [-0.39, 0.29) is 30.5 Å². The first kappa shape index (κ1) is 15.1. The summed E-state index contributed by atoms with van der Waals surface area (Å²) in [6, 6.07) is 2.79. The van der Waals surface area contributed by atoms with Crippen LogP contribution in [0.4, 0.5) is 14.9 Å². The monoisotopic (exact) mass is 296 g/mol. The second-order valence-electron chi connectivity index (χ2n) is 5.65. The summed E-state index contributed by atoms with van der Waals surface area (Å²) in [5.41, 5.74) is 0.141. The number of fused-ring (bicyclic) bond motifs is 1. The first-order valence-corrected chi connectivity index (χ1v) is 6.46. The molecular weight excluding hydrogens is 279 g/mol. The van der Waals surface area contributed by atoms with Crippen LogP contribution < -0.4 is 15.4 Å². The quantitative estimate of drug-likeness (QED) is 0.877. The SMILES string of the molecule is CC(C)(C)OC(=O)NCc1cc(F)c2c(c1)NC(=O)CO2. The van der Waals surface area contributed by atoms with Crippen LogP contribution in [-0.2, 0) is 16.1 Å². The van der Waals surface area contributed by atoms with E-state index in [1.807, 2.05) is 0 Å². The van der Waals surface area contributed by atoms with E-state index >= 15 is 0 Å². The van der Waals surface area contributed by atoms with Crippen LogP contribution in [0.25, 0.3) is 0 Å². The van der Waals surface area contributed by atoms with Crippen LogP contribution >= 0.6 is 0 Å². The standard InChI is InChI=1S/C14H17FN2O4/c1-14(2,3)21-13(19)16-6-8-4-9(15)12-10(5-8)17-11(18)7-20-12/h4-5H,6-7H2,1-3H3,(H,16,19)(H,17,18). The van der Waals surface area contributed by atoms with E-state index in [0.29, 0.717) is 5.56 Å². The van der Waals surface area contributed by atoms with E-state index in [2.05, 4.69) is 10.6 Å². The molecule has 0 fully saturated rings. The third kappa shape index (κ3) is 4.08. The molecule has 1 aliphatic rings. The zero-order valence-electron chi connectivity index (χ0n) is 12.1. The summed E-state index contributed by atoms with van der Waals surface area (Å²) in [5.74, 6) is -0.928. The van der Waals surface area contributed by atoms with Crippen molar-refractivity contribution in [3.63, 3.8) is 0 Å². The van der Waals surface area contributed by atoms with E-state index in [1.165, 1.54) is 6.07 Å². The van der Waals surface area contributed by atoms with Crippen LogP contribution in [0.5, 0.6) is 5.75 Å². The van der Waals surface area contributed by atoms with E-state index in [9.17, 15) is 14.0 Å². The Morgan fingerprint density at radius 3 is 2.86 bits per heavy atom. The number of nitrogens with one attached hydrogen (secondary N) is 2. The molecule has 0 unspecified atom stereocenters. The van der Waals surface area contributed by atoms with Gasteiger partial charge in [-0.05, 0) is 38.5 Å². The number of rotatable bonds is 2. The highest BCUT2D eigenvalue weighted by Gasteiger charge is 2.21. The number of ether oxygens (including phenoxy) is 2. The fourth-order valence-electron chi connectivity index (χ4n) is 1.80. The lowest BCUT2D eigenvalue weighted by Gasteiger charge is -2.21. The molecule has 2 N–H and O–H groups in total. The molecule has 0 aliphatic carbocycles. The van der Waals surface area contributed by atoms with Crippen molar-refractivity contribution in [2.45, 2.75) is 32.9 Å². The lowest BCUT2D eigenvalue weighted by molar-refractivity contribution is -0.118. The van der Waals surface area contributed by atoms with Crippen LogP contribution in [0, 0.1) is 5.82 Å². The van der Waals surface area contributed by atoms with Gasteiger partial charge in [0.15, 0.2) is 18.2 Å². The number of anilines is 1. The highest BCUT2D eigenvalue weighted by Crippen LogP contribution is 2.31. The highest BCUT2D eigenvalue weighted by molar-refractivity contribution is 5.95. The van der Waals surface area contributed by atoms with Gasteiger partial charge in [-0.2, -0.15) is 0 Å². The molecule has 1 aromatic rings. The molecule has 0 atom stereocenters. The minimum Gasteiger partial charge on any atom is -0.478 e. The number of alkyl carbamates (subject to hydrolysis) is 1. The van der Waals surface area contributed by atoms with Gasteiger partial charge >= 0.3 is 6.09 Å². The van der Waals surface area contributed by atoms with E-state index in [1.54, 1.807) is 26.8 Å². The normalized spacial score (nSPS) is 13.8. The minimum absolute atomic E-state index is 0.00983. The van der Waals surface area contributed by atoms with Crippen LogP contribution in [-0.4, -0.2) is 24.2 Å². The van der Waals surface area contributed by atoms with E-state index in [4.69, 9.17) is 9.47 Å². The summed E-state index contributed by atoms with van der Waals surface area (Å²) < 4.78 is 23.9. The first-order chi connectivity index (χ1) is 9.74. The molecule has 0 saturated heterocycles. The number of hydrogen-bond acceptors (Lipinski definition) is 4. The van der Waals surface area contributed by atoms with Crippen molar-refractivity contribution in [1.29, 1.82) is 0 Å². The molecule has 2 amide bonds. The molecule has 0 aromatic heterocycles. The number of amides is 2. The largest absolute Gasteiger partial charge is 0.478 e. The Bertz CT molecular complexity index is 581. The Morgan fingerprint density at radius 1 is 1.48 bits per heavy atom. The predicted octanol–water partition coefficient (Wildman–Crippen LogP) is 2.18. The van der Waals surface area contributed by atoms with Gasteiger partial charge in [0.1, 0.15) is 5.60 Å². The van der Waals surface area contributed by atoms with Crippen molar-refractivity contribution in [2.75, 3.05) is 11.9 Å². The van der Waals surface area contributed by atoms with Gasteiger partial charge in [-0.25, -0.2) is 9.18 Å². The summed E-state index contributed by atoms with van der Waals surface area (Å²) in [5, 5.41) is 5.04. The van der Waals surface area contributed by atoms with Crippen molar-refractivity contribution in [2.24, 2.45) is 0 Å². The molecule has 7 heteroatoms. The van der Waals surface area contributed by atoms with Gasteiger partial charge in [-0.3, -0.25) is 4.79 Å². The molecule has 1 aliphatic heterocycles. The van der Waals surface area contributed by atoms with Gasteiger partial charge in [0.05, 0.1) is 5.69 Å². The lowest BCUT2D eigenvalue weighted by atomic mass is 10.1. The van der Waals surface area contributed by atoms with Crippen molar-refractivity contribution < 1.29 is 23.5 Å². The molecule has 114 valence electrons. The number of carbonyl (C=O) groups excluding carboxylic acids is 2. The summed E-state index contributed by atoms with van der Waals surface area (Å²) in [4.78, 5) is 22.8. The molecular formula is C14H17FN2O4. The maximum atomic E-state index is 13.8. The molecule has 0 bridgehead atoms. The fourth-order valence-corrected chi connectivity index (χ4v) is 1.80. The topological polar surface area (TPSA) is 76.7 Å². The molecule has 2 rings (SSSR count). The molecule has 0 saturated carbocycles. The molecule has 6 nitrogen and oxygen atoms in total. The summed E-state index contributed by atoms with van der Waals surface area (Å²) in [6.07, 6.45) is -0.596. The van der Waals surface area contributed by atoms with Gasteiger partial charge in [-0.15, -0.1) is 0 Å². The van der Waals surface area contributed by atoms with E-state index < -0.39 is 17.5 Å². The van der Waals surface area contributed by atoms with Gasteiger partial charge in [0.2, 0.25) is 0 Å². The Morgan fingerprint density at radius 2 is 2.19 bits per heavy atom. The fraction of sp³-hybridized carbons (Fsp3) is 0.429. The van der Waals surface area contributed by atoms with Gasteiger partial charge in [0, 0.05) is 6.54 Å². The van der Waals surface area contributed by atoms with Crippen molar-refractivity contribution in [3.05, 3.63) is 23.5 Å². The van der Waals surface area contributed by atoms with Crippen LogP contribution in [0.15, 0.2) is 12.1 Å². The summed E-state index contributed by atoms with van der Waals surface area (Å²) >= 11 is 0. The smallest absolute Gasteiger partial charge is 0.407 e. The third-order valence-corrected chi connectivity index (χ3v) is 2.56. The van der Waals surface area contributed by atoms with Crippen LogP contribution in [0.3, 0.4) is 0 Å². The Hall–Kier alpha value is -2.31. The molecule has 1 heterocycles. The Balaban J connectivity index is 2.05. The summed E-state index contributed by atoms with van der Waals surface area (Å²) in [7, 11) is 0. The zero-order valence-corrected chi connectivity index (χ0v) is 12.1. The number of halogens is 1. The maximum absolute atomic E-state index is 13.8. The van der Waals surface area contributed by atoms with Crippen molar-refractivity contribution in [1.82, 2.24) is 5.32 Å². The van der Waals surface area contributed by atoms with E-state index in [0.717, 1.165) is 0 Å². The highest BCUT2D eigenvalue weighted by atomic mass is 19.1. The average molecular weight is 296 g/mol. The molecule has 0 spiro atoms. The van der Waals surface area contributed by atoms with Crippen LogP contribution in [0.2, 0.25) is 0 Å². The Labute approximate surface area is 121 Å². The molecule has 21 heavy (non-hydrogen) atoms. The number of hydrogen-bond donors (Lipinski definition) is 2. The predicted molar refractivity (Wildman–Crippen MR) is 73.6 cm³/mol. The zero-order chi connectivity index (χ0) is 15.6. The van der Waals surface area contributed by atoms with Crippen molar-refractivity contribution in [3.8, 4) is 5.75 Å². The van der Waals surface area contributed by atoms with Crippen LogP contribution in [0.1, 0.15) is 26.3 Å². The maximum Gasteiger partial charge on any atom is 0.407 e. The molecule has 1 aromatic carbocycles. The lowest BCUT2D eigenvalue weighted by Crippen LogP contribution is -2.32. The van der Waals surface area contributed by atoms with Gasteiger partial charge in [0.25, 0.3) is 5.91 Å². The van der Waals surface area contributed by atoms with Gasteiger partial charge in [-0.1, -0.05) is 0 Å². The second-order valence-corrected chi connectivity index (χ2v) is 5.65. The molecule has 0 radical (unpaired) electrons. The average Bonchev–Trinajstić information content (AvgIpc) is 2.33. The summed E-state index contributed by atoms with van der Waals surface area (Å²) in [6.45, 7) is 5.11. The minimum atomic E-state index is -0.604.